The minimum absolute atomic E-state index is 0.186. The van der Waals surface area contributed by atoms with Gasteiger partial charge in [0, 0.05) is 12.6 Å². The summed E-state index contributed by atoms with van der Waals surface area (Å²) in [6, 6.07) is 0.186. The predicted octanol–water partition coefficient (Wildman–Crippen LogP) is 1.18. The summed E-state index contributed by atoms with van der Waals surface area (Å²) in [4.78, 5) is 0.373. The van der Waals surface area contributed by atoms with Gasteiger partial charge in [-0.15, -0.1) is 0 Å². The van der Waals surface area contributed by atoms with Gasteiger partial charge in [0.2, 0.25) is 10.0 Å². The molecule has 2 aliphatic rings. The zero-order chi connectivity index (χ0) is 15.0. The average molecular weight is 312 g/mol. The van der Waals surface area contributed by atoms with Crippen LogP contribution in [0.25, 0.3) is 0 Å². The molecule has 7 heteroatoms. The van der Waals surface area contributed by atoms with Gasteiger partial charge < -0.3 is 5.32 Å². The molecule has 3 rings (SSSR count). The van der Waals surface area contributed by atoms with E-state index < -0.39 is 10.0 Å². The van der Waals surface area contributed by atoms with E-state index in [2.05, 4.69) is 15.5 Å². The number of piperidine rings is 1. The first-order valence-electron chi connectivity index (χ1n) is 7.74. The number of nitrogens with one attached hydrogen (secondary N) is 2. The lowest BCUT2D eigenvalue weighted by molar-refractivity contribution is 0.286. The van der Waals surface area contributed by atoms with E-state index in [4.69, 9.17) is 0 Å². The average Bonchev–Trinajstić information content (AvgIpc) is 3.22. The van der Waals surface area contributed by atoms with E-state index in [1.807, 2.05) is 0 Å². The highest BCUT2D eigenvalue weighted by Gasteiger charge is 2.41. The number of H-pyrrole nitrogens is 1. The topological polar surface area (TPSA) is 78.1 Å². The Balaban J connectivity index is 1.86. The maximum Gasteiger partial charge on any atom is 0.246 e. The number of aromatic nitrogens is 2. The third-order valence-corrected chi connectivity index (χ3v) is 6.60. The molecule has 0 aromatic carbocycles. The minimum Gasteiger partial charge on any atom is -0.316 e. The second kappa shape index (κ2) is 5.70. The fourth-order valence-corrected chi connectivity index (χ4v) is 5.27. The molecule has 1 aromatic rings. The molecule has 1 saturated carbocycles. The Bertz CT molecular complexity index is 581. The van der Waals surface area contributed by atoms with Crippen molar-refractivity contribution in [3.8, 4) is 0 Å². The summed E-state index contributed by atoms with van der Waals surface area (Å²) < 4.78 is 27.8. The number of aryl methyl sites for hydroxylation is 2. The number of sulfonamides is 1. The molecule has 6 nitrogen and oxygen atoms in total. The molecule has 0 radical (unpaired) electrons. The van der Waals surface area contributed by atoms with Crippen LogP contribution in [0.1, 0.15) is 37.1 Å². The monoisotopic (exact) mass is 312 g/mol. The normalized spacial score (nSPS) is 23.7. The predicted molar refractivity (Wildman–Crippen MR) is 80.6 cm³/mol. The maximum absolute atomic E-state index is 13.0. The van der Waals surface area contributed by atoms with Gasteiger partial charge in [-0.05, 0) is 58.5 Å². The molecule has 2 N–H and O–H groups in total. The second-order valence-corrected chi connectivity index (χ2v) is 8.11. The van der Waals surface area contributed by atoms with Crippen LogP contribution in [-0.4, -0.2) is 48.6 Å². The first-order chi connectivity index (χ1) is 10.00. The lowest BCUT2D eigenvalue weighted by atomic mass is 10.00. The zero-order valence-corrected chi connectivity index (χ0v) is 13.5. The van der Waals surface area contributed by atoms with Crippen LogP contribution in [0.15, 0.2) is 4.90 Å². The van der Waals surface area contributed by atoms with Crippen LogP contribution in [0.5, 0.6) is 0 Å². The van der Waals surface area contributed by atoms with Crippen LogP contribution >= 0.6 is 0 Å². The molecule has 2 heterocycles. The molecule has 1 unspecified atom stereocenters. The molecule has 1 aromatic heterocycles. The largest absolute Gasteiger partial charge is 0.316 e. The van der Waals surface area contributed by atoms with Crippen LogP contribution in [0.2, 0.25) is 0 Å². The van der Waals surface area contributed by atoms with Gasteiger partial charge in [-0.1, -0.05) is 0 Å². The number of rotatable bonds is 5. The van der Waals surface area contributed by atoms with Gasteiger partial charge in [-0.25, -0.2) is 8.42 Å². The maximum atomic E-state index is 13.0. The third kappa shape index (κ3) is 3.00. The lowest BCUT2D eigenvalue weighted by Crippen LogP contribution is -2.42. The Labute approximate surface area is 126 Å². The first kappa shape index (κ1) is 15.0. The molecule has 1 aliphatic carbocycles. The summed E-state index contributed by atoms with van der Waals surface area (Å²) >= 11 is 0. The quantitative estimate of drug-likeness (QED) is 0.856. The van der Waals surface area contributed by atoms with Crippen molar-refractivity contribution in [2.24, 2.45) is 5.92 Å². The van der Waals surface area contributed by atoms with Crippen molar-refractivity contribution in [1.29, 1.82) is 0 Å². The summed E-state index contributed by atoms with van der Waals surface area (Å²) in [5.41, 5.74) is 1.21. The van der Waals surface area contributed by atoms with E-state index in [0.29, 0.717) is 28.7 Å². The first-order valence-corrected chi connectivity index (χ1v) is 9.18. The summed E-state index contributed by atoms with van der Waals surface area (Å²) in [5.74, 6) is 0.418. The molecule has 0 bridgehead atoms. The number of aromatic amines is 1. The van der Waals surface area contributed by atoms with Crippen LogP contribution < -0.4 is 5.32 Å². The Kier molecular flexibility index (Phi) is 4.07. The van der Waals surface area contributed by atoms with E-state index in [1.165, 1.54) is 0 Å². The summed E-state index contributed by atoms with van der Waals surface area (Å²) in [5, 5.41) is 10.2. The van der Waals surface area contributed by atoms with Crippen molar-refractivity contribution in [3.05, 3.63) is 11.4 Å². The molecule has 0 spiro atoms. The third-order valence-electron chi connectivity index (χ3n) is 4.42. The van der Waals surface area contributed by atoms with Crippen molar-refractivity contribution in [1.82, 2.24) is 19.8 Å². The van der Waals surface area contributed by atoms with Crippen molar-refractivity contribution >= 4 is 10.0 Å². The molecule has 0 amide bonds. The minimum atomic E-state index is -3.44. The van der Waals surface area contributed by atoms with Crippen molar-refractivity contribution in [2.45, 2.75) is 50.5 Å². The van der Waals surface area contributed by atoms with Crippen LogP contribution in [-0.2, 0) is 10.0 Å². The van der Waals surface area contributed by atoms with Gasteiger partial charge in [0.25, 0.3) is 0 Å². The molecule has 118 valence electrons. The Morgan fingerprint density at radius 2 is 2.05 bits per heavy atom. The Morgan fingerprint density at radius 1 is 1.29 bits per heavy atom. The van der Waals surface area contributed by atoms with Gasteiger partial charge in [-0.3, -0.25) is 5.10 Å². The molecule has 2 fully saturated rings. The molecular weight excluding hydrogens is 288 g/mol. The summed E-state index contributed by atoms with van der Waals surface area (Å²) in [7, 11) is -3.44. The van der Waals surface area contributed by atoms with E-state index in [0.717, 1.165) is 38.8 Å². The highest BCUT2D eigenvalue weighted by Crippen LogP contribution is 2.34. The summed E-state index contributed by atoms with van der Waals surface area (Å²) in [6.07, 6.45) is 4.20. The van der Waals surface area contributed by atoms with Crippen LogP contribution in [0.3, 0.4) is 0 Å². The standard InChI is InChI=1S/C14H24N4O2S/c1-10-14(11(2)17-16-10)21(19,20)18(13-5-6-13)9-12-4-3-7-15-8-12/h12-13,15H,3-9H2,1-2H3,(H,16,17). The van der Waals surface area contributed by atoms with Gasteiger partial charge in [0.1, 0.15) is 4.90 Å². The number of hydrogen-bond donors (Lipinski definition) is 2. The van der Waals surface area contributed by atoms with Gasteiger partial charge >= 0.3 is 0 Å². The fourth-order valence-electron chi connectivity index (χ4n) is 3.18. The van der Waals surface area contributed by atoms with E-state index in [-0.39, 0.29) is 6.04 Å². The van der Waals surface area contributed by atoms with E-state index in [9.17, 15) is 8.42 Å². The van der Waals surface area contributed by atoms with Gasteiger partial charge in [-0.2, -0.15) is 9.40 Å². The smallest absolute Gasteiger partial charge is 0.246 e. The van der Waals surface area contributed by atoms with Gasteiger partial charge in [0.15, 0.2) is 0 Å². The van der Waals surface area contributed by atoms with Crippen molar-refractivity contribution < 1.29 is 8.42 Å². The van der Waals surface area contributed by atoms with Crippen molar-refractivity contribution in [3.63, 3.8) is 0 Å². The summed E-state index contributed by atoms with van der Waals surface area (Å²) in [6.45, 7) is 6.13. The molecular formula is C14H24N4O2S. The number of hydrogen-bond acceptors (Lipinski definition) is 4. The molecule has 21 heavy (non-hydrogen) atoms. The fraction of sp³-hybridized carbons (Fsp3) is 0.786. The number of nitrogens with zero attached hydrogens (tertiary/aromatic N) is 2. The van der Waals surface area contributed by atoms with Crippen LogP contribution in [0, 0.1) is 19.8 Å². The molecule has 1 atom stereocenters. The highest BCUT2D eigenvalue weighted by molar-refractivity contribution is 7.89. The SMILES string of the molecule is Cc1n[nH]c(C)c1S(=O)(=O)N(CC1CCCNC1)C1CC1. The van der Waals surface area contributed by atoms with E-state index >= 15 is 0 Å². The lowest BCUT2D eigenvalue weighted by Gasteiger charge is -2.29. The molecule has 1 aliphatic heterocycles. The highest BCUT2D eigenvalue weighted by atomic mass is 32.2. The Hall–Kier alpha value is -0.920. The molecule has 1 saturated heterocycles. The van der Waals surface area contributed by atoms with Crippen LogP contribution in [0.4, 0.5) is 0 Å². The zero-order valence-electron chi connectivity index (χ0n) is 12.7. The van der Waals surface area contributed by atoms with Gasteiger partial charge in [0.05, 0.1) is 11.4 Å². The van der Waals surface area contributed by atoms with E-state index in [1.54, 1.807) is 18.2 Å². The Morgan fingerprint density at radius 3 is 2.57 bits per heavy atom. The van der Waals surface area contributed by atoms with Crippen molar-refractivity contribution in [2.75, 3.05) is 19.6 Å². The second-order valence-electron chi connectivity index (χ2n) is 6.28.